The lowest BCUT2D eigenvalue weighted by Crippen LogP contribution is -2.12. The van der Waals surface area contributed by atoms with Crippen LogP contribution in [0.2, 0.25) is 0 Å². The lowest BCUT2D eigenvalue weighted by Gasteiger charge is -2.09. The molecule has 0 unspecified atom stereocenters. The van der Waals surface area contributed by atoms with Crippen LogP contribution >= 0.6 is 11.3 Å². The zero-order chi connectivity index (χ0) is 14.9. The van der Waals surface area contributed by atoms with Gasteiger partial charge in [-0.2, -0.15) is 11.3 Å². The highest BCUT2D eigenvalue weighted by molar-refractivity contribution is 7.90. The third-order valence-electron chi connectivity index (χ3n) is 3.06. The van der Waals surface area contributed by atoms with Gasteiger partial charge in [0.1, 0.15) is 0 Å². The van der Waals surface area contributed by atoms with Gasteiger partial charge in [-0.05, 0) is 23.1 Å². The van der Waals surface area contributed by atoms with Crippen molar-refractivity contribution in [2.45, 2.75) is 4.90 Å². The molecule has 0 radical (unpaired) electrons. The standard InChI is InChI=1S/C15H11NO3S2/c17-10-12-8-15(13-4-2-1-3-5-13)16(9-12)21(18,19)14-6-7-20-11-14/h1-11H. The molecule has 0 fully saturated rings. The topological polar surface area (TPSA) is 56.1 Å². The molecule has 0 spiro atoms. The van der Waals surface area contributed by atoms with E-state index in [-0.39, 0.29) is 4.90 Å². The fraction of sp³-hybridized carbons (Fsp3) is 0. The van der Waals surface area contributed by atoms with Gasteiger partial charge in [0.2, 0.25) is 0 Å². The number of rotatable bonds is 4. The Balaban J connectivity index is 2.24. The second-order valence-corrected chi connectivity index (χ2v) is 7.00. The summed E-state index contributed by atoms with van der Waals surface area (Å²) in [5, 5.41) is 3.28. The van der Waals surface area contributed by atoms with Crippen LogP contribution in [-0.4, -0.2) is 18.7 Å². The Hall–Kier alpha value is -2.18. The number of aldehydes is 1. The molecule has 0 amide bonds. The number of aromatic nitrogens is 1. The number of carbonyl (C=O) groups excluding carboxylic acids is 1. The summed E-state index contributed by atoms with van der Waals surface area (Å²) < 4.78 is 26.5. The normalized spacial score (nSPS) is 11.4. The SMILES string of the molecule is O=Cc1cc(-c2ccccc2)n(S(=O)(=O)c2ccsc2)c1. The highest BCUT2D eigenvalue weighted by atomic mass is 32.2. The van der Waals surface area contributed by atoms with Crippen molar-refractivity contribution >= 4 is 27.6 Å². The Morgan fingerprint density at radius 1 is 1.10 bits per heavy atom. The van der Waals surface area contributed by atoms with Gasteiger partial charge in [-0.3, -0.25) is 4.79 Å². The van der Waals surface area contributed by atoms with Gasteiger partial charge in [0.15, 0.2) is 6.29 Å². The average Bonchev–Trinajstić information content (AvgIpc) is 3.18. The molecule has 6 heteroatoms. The van der Waals surface area contributed by atoms with Crippen LogP contribution in [0.15, 0.2) is 64.3 Å². The first kappa shape index (κ1) is 13.8. The maximum Gasteiger partial charge on any atom is 0.269 e. The number of benzene rings is 1. The summed E-state index contributed by atoms with van der Waals surface area (Å²) in [5.41, 5.74) is 1.54. The van der Waals surface area contributed by atoms with E-state index >= 15 is 0 Å². The number of carbonyl (C=O) groups is 1. The van der Waals surface area contributed by atoms with Crippen molar-refractivity contribution in [3.05, 3.63) is 65.0 Å². The lowest BCUT2D eigenvalue weighted by atomic mass is 10.1. The minimum Gasteiger partial charge on any atom is -0.298 e. The Bertz CT molecular complexity index is 863. The van der Waals surface area contributed by atoms with Crippen LogP contribution in [0, 0.1) is 0 Å². The molecule has 0 atom stereocenters. The molecule has 0 aliphatic carbocycles. The summed E-state index contributed by atoms with van der Waals surface area (Å²) in [6, 6.07) is 12.2. The summed E-state index contributed by atoms with van der Waals surface area (Å²) in [6.45, 7) is 0. The highest BCUT2D eigenvalue weighted by Gasteiger charge is 2.21. The molecule has 2 aromatic heterocycles. The van der Waals surface area contributed by atoms with E-state index in [1.165, 1.54) is 17.5 Å². The molecule has 0 N–H and O–H groups in total. The van der Waals surface area contributed by atoms with Crippen LogP contribution in [0.5, 0.6) is 0 Å². The third-order valence-corrected chi connectivity index (χ3v) is 5.57. The summed E-state index contributed by atoms with van der Waals surface area (Å²) in [5.74, 6) is 0. The Kier molecular flexibility index (Phi) is 3.48. The molecule has 106 valence electrons. The fourth-order valence-electron chi connectivity index (χ4n) is 2.06. The van der Waals surface area contributed by atoms with E-state index in [4.69, 9.17) is 0 Å². The van der Waals surface area contributed by atoms with Crippen molar-refractivity contribution in [1.82, 2.24) is 3.97 Å². The Morgan fingerprint density at radius 2 is 1.86 bits per heavy atom. The van der Waals surface area contributed by atoms with Crippen molar-refractivity contribution in [3.8, 4) is 11.3 Å². The van der Waals surface area contributed by atoms with E-state index in [9.17, 15) is 13.2 Å². The molecule has 0 bridgehead atoms. The van der Waals surface area contributed by atoms with Crippen LogP contribution in [0.25, 0.3) is 11.3 Å². The summed E-state index contributed by atoms with van der Waals surface area (Å²) in [7, 11) is -3.70. The first-order chi connectivity index (χ1) is 10.1. The molecule has 3 rings (SSSR count). The summed E-state index contributed by atoms with van der Waals surface area (Å²) in [4.78, 5) is 11.2. The molecular formula is C15H11NO3S2. The Labute approximate surface area is 126 Å². The van der Waals surface area contributed by atoms with E-state index in [0.29, 0.717) is 17.5 Å². The first-order valence-corrected chi connectivity index (χ1v) is 8.52. The van der Waals surface area contributed by atoms with Crippen LogP contribution < -0.4 is 0 Å². The zero-order valence-electron chi connectivity index (χ0n) is 10.8. The maximum atomic E-state index is 12.7. The van der Waals surface area contributed by atoms with Crippen molar-refractivity contribution in [2.24, 2.45) is 0 Å². The maximum absolute atomic E-state index is 12.7. The summed E-state index contributed by atoms with van der Waals surface area (Å²) >= 11 is 1.31. The quantitative estimate of drug-likeness (QED) is 0.694. The van der Waals surface area contributed by atoms with Crippen molar-refractivity contribution in [2.75, 3.05) is 0 Å². The minimum atomic E-state index is -3.70. The molecule has 0 aliphatic heterocycles. The zero-order valence-corrected chi connectivity index (χ0v) is 12.5. The molecule has 0 saturated carbocycles. The van der Waals surface area contributed by atoms with E-state index in [2.05, 4.69) is 0 Å². The molecule has 4 nitrogen and oxygen atoms in total. The van der Waals surface area contributed by atoms with Gasteiger partial charge in [-0.15, -0.1) is 0 Å². The van der Waals surface area contributed by atoms with Crippen LogP contribution in [-0.2, 0) is 10.0 Å². The van der Waals surface area contributed by atoms with Gasteiger partial charge in [0.05, 0.1) is 10.6 Å². The smallest absolute Gasteiger partial charge is 0.269 e. The predicted molar refractivity (Wildman–Crippen MR) is 82.2 cm³/mol. The molecular weight excluding hydrogens is 306 g/mol. The number of nitrogens with zero attached hydrogens (tertiary/aromatic N) is 1. The van der Waals surface area contributed by atoms with Gasteiger partial charge in [-0.25, -0.2) is 12.4 Å². The van der Waals surface area contributed by atoms with E-state index < -0.39 is 10.0 Å². The monoisotopic (exact) mass is 317 g/mol. The van der Waals surface area contributed by atoms with Crippen LogP contribution in [0.4, 0.5) is 0 Å². The first-order valence-electron chi connectivity index (χ1n) is 6.14. The molecule has 21 heavy (non-hydrogen) atoms. The second kappa shape index (κ2) is 5.31. The minimum absolute atomic E-state index is 0.220. The van der Waals surface area contributed by atoms with Crippen molar-refractivity contribution in [1.29, 1.82) is 0 Å². The summed E-state index contributed by atoms with van der Waals surface area (Å²) in [6.07, 6.45) is 1.99. The molecule has 0 saturated heterocycles. The van der Waals surface area contributed by atoms with E-state index in [0.717, 1.165) is 9.54 Å². The van der Waals surface area contributed by atoms with Gasteiger partial charge in [-0.1, -0.05) is 30.3 Å². The van der Waals surface area contributed by atoms with Gasteiger partial charge in [0.25, 0.3) is 10.0 Å². The average molecular weight is 317 g/mol. The number of thiophene rings is 1. The Morgan fingerprint density at radius 3 is 2.48 bits per heavy atom. The van der Waals surface area contributed by atoms with Gasteiger partial charge < -0.3 is 0 Å². The van der Waals surface area contributed by atoms with Gasteiger partial charge in [0, 0.05) is 17.1 Å². The molecule has 3 aromatic rings. The second-order valence-electron chi connectivity index (χ2n) is 4.40. The number of hydrogen-bond donors (Lipinski definition) is 0. The molecule has 2 heterocycles. The fourth-order valence-corrected chi connectivity index (χ4v) is 4.46. The number of hydrogen-bond acceptors (Lipinski definition) is 4. The van der Waals surface area contributed by atoms with Crippen molar-refractivity contribution in [3.63, 3.8) is 0 Å². The van der Waals surface area contributed by atoms with Crippen LogP contribution in [0.1, 0.15) is 10.4 Å². The largest absolute Gasteiger partial charge is 0.298 e. The highest BCUT2D eigenvalue weighted by Crippen LogP contribution is 2.27. The molecule has 0 aliphatic rings. The molecule has 1 aromatic carbocycles. The van der Waals surface area contributed by atoms with Crippen molar-refractivity contribution < 1.29 is 13.2 Å². The lowest BCUT2D eigenvalue weighted by molar-refractivity contribution is 0.112. The predicted octanol–water partition coefficient (Wildman–Crippen LogP) is 3.27. The van der Waals surface area contributed by atoms with Crippen LogP contribution in [0.3, 0.4) is 0 Å². The third kappa shape index (κ3) is 2.43. The van der Waals surface area contributed by atoms with Gasteiger partial charge >= 0.3 is 0 Å². The van der Waals surface area contributed by atoms with E-state index in [1.807, 2.05) is 30.3 Å². The van der Waals surface area contributed by atoms with E-state index in [1.54, 1.807) is 22.9 Å².